The van der Waals surface area contributed by atoms with Gasteiger partial charge in [-0.1, -0.05) is 0 Å². The molecule has 0 bridgehead atoms. The quantitative estimate of drug-likeness (QED) is 0.710. The molecule has 1 aliphatic carbocycles. The molecule has 0 unspecified atom stereocenters. The Hall–Kier alpha value is -0.930. The summed E-state index contributed by atoms with van der Waals surface area (Å²) in [6, 6.07) is 4.03. The number of hydrogen-bond acceptors (Lipinski definition) is 3. The Labute approximate surface area is 78.4 Å². The average molecular weight is 177 g/mol. The Morgan fingerprint density at radius 2 is 2.08 bits per heavy atom. The zero-order valence-corrected chi connectivity index (χ0v) is 7.66. The number of hydrogen-bond donors (Lipinski definition) is 2. The van der Waals surface area contributed by atoms with E-state index in [9.17, 15) is 0 Å². The maximum absolute atomic E-state index is 5.94. The Balaban J connectivity index is 1.74. The predicted octanol–water partition coefficient (Wildman–Crippen LogP) is 0.662. The van der Waals surface area contributed by atoms with Gasteiger partial charge in [0.1, 0.15) is 0 Å². The minimum absolute atomic E-state index is 0.104. The Morgan fingerprint density at radius 1 is 1.38 bits per heavy atom. The van der Waals surface area contributed by atoms with Gasteiger partial charge >= 0.3 is 0 Å². The van der Waals surface area contributed by atoms with Crippen molar-refractivity contribution in [3.63, 3.8) is 0 Å². The van der Waals surface area contributed by atoms with Gasteiger partial charge in [0.15, 0.2) is 0 Å². The van der Waals surface area contributed by atoms with Crippen LogP contribution in [0.25, 0.3) is 0 Å². The summed E-state index contributed by atoms with van der Waals surface area (Å²) in [6.45, 7) is 1.82. The minimum Gasteiger partial charge on any atom is -0.324 e. The number of nitrogens with zero attached hydrogens (tertiary/aromatic N) is 1. The minimum atomic E-state index is 0.104. The highest BCUT2D eigenvalue weighted by Gasteiger charge is 2.37. The maximum Gasteiger partial charge on any atom is 0.0282 e. The first-order valence-corrected chi connectivity index (χ1v) is 4.67. The second-order valence-electron chi connectivity index (χ2n) is 3.82. The van der Waals surface area contributed by atoms with Crippen LogP contribution in [0.2, 0.25) is 0 Å². The highest BCUT2D eigenvalue weighted by atomic mass is 15.0. The fraction of sp³-hybridized carbons (Fsp3) is 0.500. The lowest BCUT2D eigenvalue weighted by Crippen LogP contribution is -2.35. The normalized spacial score (nSPS) is 18.5. The summed E-state index contributed by atoms with van der Waals surface area (Å²) in [6.07, 6.45) is 5.95. The van der Waals surface area contributed by atoms with E-state index in [1.807, 2.05) is 24.5 Å². The molecular formula is C10H15N3. The zero-order chi connectivity index (χ0) is 9.15. The van der Waals surface area contributed by atoms with Crippen LogP contribution < -0.4 is 11.1 Å². The van der Waals surface area contributed by atoms with E-state index in [-0.39, 0.29) is 5.54 Å². The van der Waals surface area contributed by atoms with Gasteiger partial charge in [-0.05, 0) is 30.5 Å². The molecule has 1 aromatic rings. The fourth-order valence-electron chi connectivity index (χ4n) is 1.29. The average Bonchev–Trinajstić information content (AvgIpc) is 2.86. The van der Waals surface area contributed by atoms with Gasteiger partial charge in [0.25, 0.3) is 0 Å². The SMILES string of the molecule is NC1(CNCc2ccncc2)CC1. The first-order valence-electron chi connectivity index (χ1n) is 4.67. The topological polar surface area (TPSA) is 50.9 Å². The Bertz CT molecular complexity index is 267. The molecule has 0 atom stereocenters. The van der Waals surface area contributed by atoms with Crippen molar-refractivity contribution in [1.29, 1.82) is 0 Å². The second-order valence-corrected chi connectivity index (χ2v) is 3.82. The molecule has 0 radical (unpaired) electrons. The van der Waals surface area contributed by atoms with Crippen molar-refractivity contribution in [2.45, 2.75) is 24.9 Å². The number of nitrogens with two attached hydrogens (primary N) is 1. The van der Waals surface area contributed by atoms with Crippen LogP contribution in [0.4, 0.5) is 0 Å². The number of nitrogens with one attached hydrogen (secondary N) is 1. The van der Waals surface area contributed by atoms with Gasteiger partial charge in [-0.25, -0.2) is 0 Å². The van der Waals surface area contributed by atoms with Gasteiger partial charge in [0.2, 0.25) is 0 Å². The molecule has 13 heavy (non-hydrogen) atoms. The molecule has 1 fully saturated rings. The molecule has 0 saturated heterocycles. The van der Waals surface area contributed by atoms with Crippen molar-refractivity contribution < 1.29 is 0 Å². The molecule has 70 valence electrons. The molecular weight excluding hydrogens is 162 g/mol. The van der Waals surface area contributed by atoms with Crippen molar-refractivity contribution in [2.24, 2.45) is 5.73 Å². The summed E-state index contributed by atoms with van der Waals surface area (Å²) >= 11 is 0. The number of rotatable bonds is 4. The van der Waals surface area contributed by atoms with E-state index in [2.05, 4.69) is 10.3 Å². The van der Waals surface area contributed by atoms with Crippen LogP contribution in [0, 0.1) is 0 Å². The van der Waals surface area contributed by atoms with Gasteiger partial charge in [0.05, 0.1) is 0 Å². The molecule has 0 aliphatic heterocycles. The smallest absolute Gasteiger partial charge is 0.0282 e. The van der Waals surface area contributed by atoms with Crippen LogP contribution in [0.5, 0.6) is 0 Å². The van der Waals surface area contributed by atoms with Crippen LogP contribution in [-0.4, -0.2) is 17.1 Å². The third-order valence-electron chi connectivity index (χ3n) is 2.45. The zero-order valence-electron chi connectivity index (χ0n) is 7.66. The van der Waals surface area contributed by atoms with Crippen molar-refractivity contribution in [2.75, 3.05) is 6.54 Å². The van der Waals surface area contributed by atoms with E-state index >= 15 is 0 Å². The van der Waals surface area contributed by atoms with Crippen LogP contribution in [0.3, 0.4) is 0 Å². The molecule has 1 heterocycles. The van der Waals surface area contributed by atoms with E-state index in [1.165, 1.54) is 5.56 Å². The molecule has 3 heteroatoms. The van der Waals surface area contributed by atoms with E-state index in [1.54, 1.807) is 0 Å². The van der Waals surface area contributed by atoms with Crippen molar-refractivity contribution in [3.8, 4) is 0 Å². The molecule has 0 spiro atoms. The lowest BCUT2D eigenvalue weighted by molar-refractivity contribution is 0.569. The molecule has 1 aromatic heterocycles. The Morgan fingerprint density at radius 3 is 2.69 bits per heavy atom. The van der Waals surface area contributed by atoms with Crippen LogP contribution in [0.1, 0.15) is 18.4 Å². The lowest BCUT2D eigenvalue weighted by atomic mass is 10.2. The van der Waals surface area contributed by atoms with Gasteiger partial charge in [0, 0.05) is 31.0 Å². The van der Waals surface area contributed by atoms with Gasteiger partial charge < -0.3 is 11.1 Å². The van der Waals surface area contributed by atoms with Crippen LogP contribution in [0.15, 0.2) is 24.5 Å². The molecule has 1 aliphatic rings. The third kappa shape index (κ3) is 2.50. The first kappa shape index (κ1) is 8.66. The number of pyridine rings is 1. The van der Waals surface area contributed by atoms with Crippen LogP contribution >= 0.6 is 0 Å². The van der Waals surface area contributed by atoms with Crippen molar-refractivity contribution in [1.82, 2.24) is 10.3 Å². The molecule has 2 rings (SSSR count). The monoisotopic (exact) mass is 177 g/mol. The summed E-state index contributed by atoms with van der Waals surface area (Å²) in [5.41, 5.74) is 7.30. The lowest BCUT2D eigenvalue weighted by Gasteiger charge is -2.09. The molecule has 1 saturated carbocycles. The summed E-state index contributed by atoms with van der Waals surface area (Å²) in [5, 5.41) is 3.35. The second kappa shape index (κ2) is 3.44. The van der Waals surface area contributed by atoms with Crippen LogP contribution in [-0.2, 0) is 6.54 Å². The summed E-state index contributed by atoms with van der Waals surface area (Å²) in [4.78, 5) is 3.96. The third-order valence-corrected chi connectivity index (χ3v) is 2.45. The van der Waals surface area contributed by atoms with E-state index in [4.69, 9.17) is 5.73 Å². The maximum atomic E-state index is 5.94. The van der Waals surface area contributed by atoms with E-state index in [0.717, 1.165) is 25.9 Å². The predicted molar refractivity (Wildman–Crippen MR) is 52.1 cm³/mol. The molecule has 3 nitrogen and oxygen atoms in total. The standard InChI is InChI=1S/C10H15N3/c11-10(3-4-10)8-13-7-9-1-5-12-6-2-9/h1-2,5-6,13H,3-4,7-8,11H2. The van der Waals surface area contributed by atoms with Gasteiger partial charge in [-0.15, -0.1) is 0 Å². The van der Waals surface area contributed by atoms with E-state index < -0.39 is 0 Å². The van der Waals surface area contributed by atoms with Gasteiger partial charge in [-0.3, -0.25) is 4.98 Å². The van der Waals surface area contributed by atoms with Crippen molar-refractivity contribution >= 4 is 0 Å². The van der Waals surface area contributed by atoms with Gasteiger partial charge in [-0.2, -0.15) is 0 Å². The highest BCUT2D eigenvalue weighted by molar-refractivity contribution is 5.09. The number of aromatic nitrogens is 1. The van der Waals surface area contributed by atoms with Crippen molar-refractivity contribution in [3.05, 3.63) is 30.1 Å². The summed E-state index contributed by atoms with van der Waals surface area (Å²) in [5.74, 6) is 0. The summed E-state index contributed by atoms with van der Waals surface area (Å²) < 4.78 is 0. The summed E-state index contributed by atoms with van der Waals surface area (Å²) in [7, 11) is 0. The fourth-order valence-corrected chi connectivity index (χ4v) is 1.29. The molecule has 0 aromatic carbocycles. The highest BCUT2D eigenvalue weighted by Crippen LogP contribution is 2.30. The van der Waals surface area contributed by atoms with E-state index in [0.29, 0.717) is 0 Å². The molecule has 3 N–H and O–H groups in total. The molecule has 0 amide bonds. The Kier molecular flexibility index (Phi) is 2.29. The largest absolute Gasteiger partial charge is 0.324 e. The first-order chi connectivity index (χ1) is 6.29.